The number of rotatable bonds is 5. The Balaban J connectivity index is 2.06. The Morgan fingerprint density at radius 3 is 2.08 bits per heavy atom. The number of nitrogens with one attached hydrogen (secondary N) is 1. The maximum atomic E-state index is 5.48. The number of fused-ring (bicyclic) bond motifs is 1. The fourth-order valence-corrected chi connectivity index (χ4v) is 3.24. The van der Waals surface area contributed by atoms with E-state index in [2.05, 4.69) is 17.4 Å². The summed E-state index contributed by atoms with van der Waals surface area (Å²) in [5.74, 6) is 3.20. The lowest BCUT2D eigenvalue weighted by Gasteiger charge is -2.28. The molecule has 0 spiro atoms. The van der Waals surface area contributed by atoms with E-state index in [0.717, 1.165) is 36.1 Å². The van der Waals surface area contributed by atoms with Gasteiger partial charge in [0.05, 0.1) is 28.4 Å². The standard InChI is InChI=1S/C19H23NO4/c1-21-16-6-5-12(7-17(16)22-2)15-11-20-10-13-8-18(23-3)19(24-4)9-14(13)15/h5-9,15,20H,10-11H2,1-4H3/t15-/m0/s1. The second-order valence-corrected chi connectivity index (χ2v) is 5.70. The first-order chi connectivity index (χ1) is 11.7. The van der Waals surface area contributed by atoms with Gasteiger partial charge < -0.3 is 24.3 Å². The number of hydrogen-bond acceptors (Lipinski definition) is 5. The molecule has 24 heavy (non-hydrogen) atoms. The minimum atomic E-state index is 0.216. The maximum absolute atomic E-state index is 5.48. The summed E-state index contributed by atoms with van der Waals surface area (Å²) in [5, 5.41) is 3.48. The molecule has 0 bridgehead atoms. The topological polar surface area (TPSA) is 49.0 Å². The van der Waals surface area contributed by atoms with Crippen LogP contribution in [-0.4, -0.2) is 35.0 Å². The van der Waals surface area contributed by atoms with Crippen molar-refractivity contribution in [3.8, 4) is 23.0 Å². The maximum Gasteiger partial charge on any atom is 0.161 e. The minimum absolute atomic E-state index is 0.216. The number of methoxy groups -OCH3 is 4. The molecule has 0 aliphatic carbocycles. The number of benzene rings is 2. The highest BCUT2D eigenvalue weighted by Crippen LogP contribution is 2.40. The molecule has 0 fully saturated rings. The van der Waals surface area contributed by atoms with E-state index in [0.29, 0.717) is 0 Å². The molecule has 0 saturated carbocycles. The molecule has 2 aromatic rings. The number of ether oxygens (including phenoxy) is 4. The first kappa shape index (κ1) is 16.5. The van der Waals surface area contributed by atoms with Crippen LogP contribution in [-0.2, 0) is 6.54 Å². The van der Waals surface area contributed by atoms with Crippen molar-refractivity contribution in [2.24, 2.45) is 0 Å². The molecule has 0 aromatic heterocycles. The van der Waals surface area contributed by atoms with E-state index in [4.69, 9.17) is 18.9 Å². The SMILES string of the molecule is COc1ccc([C@@H]2CNCc3cc(OC)c(OC)cc32)cc1OC. The molecule has 1 N–H and O–H groups in total. The van der Waals surface area contributed by atoms with Crippen molar-refractivity contribution in [2.45, 2.75) is 12.5 Å². The van der Waals surface area contributed by atoms with Crippen LogP contribution in [0.3, 0.4) is 0 Å². The van der Waals surface area contributed by atoms with Gasteiger partial charge in [0.15, 0.2) is 23.0 Å². The van der Waals surface area contributed by atoms with Crippen LogP contribution < -0.4 is 24.3 Å². The van der Waals surface area contributed by atoms with Gasteiger partial charge in [-0.25, -0.2) is 0 Å². The third-order valence-electron chi connectivity index (χ3n) is 4.49. The van der Waals surface area contributed by atoms with Crippen LogP contribution in [0.5, 0.6) is 23.0 Å². The molecule has 1 aliphatic rings. The first-order valence-electron chi connectivity index (χ1n) is 7.89. The molecule has 0 unspecified atom stereocenters. The lowest BCUT2D eigenvalue weighted by Crippen LogP contribution is -2.29. The smallest absolute Gasteiger partial charge is 0.161 e. The van der Waals surface area contributed by atoms with Crippen LogP contribution in [0.4, 0.5) is 0 Å². The predicted molar refractivity (Wildman–Crippen MR) is 92.6 cm³/mol. The highest BCUT2D eigenvalue weighted by atomic mass is 16.5. The van der Waals surface area contributed by atoms with Gasteiger partial charge in [-0.3, -0.25) is 0 Å². The van der Waals surface area contributed by atoms with E-state index in [1.54, 1.807) is 28.4 Å². The zero-order chi connectivity index (χ0) is 17.1. The Morgan fingerprint density at radius 2 is 1.42 bits per heavy atom. The summed E-state index contributed by atoms with van der Waals surface area (Å²) in [6.07, 6.45) is 0. The van der Waals surface area contributed by atoms with Gasteiger partial charge in [-0.05, 0) is 41.0 Å². The third-order valence-corrected chi connectivity index (χ3v) is 4.49. The summed E-state index contributed by atoms with van der Waals surface area (Å²) < 4.78 is 21.7. The van der Waals surface area contributed by atoms with E-state index in [9.17, 15) is 0 Å². The second-order valence-electron chi connectivity index (χ2n) is 5.70. The van der Waals surface area contributed by atoms with Crippen molar-refractivity contribution in [3.05, 3.63) is 47.0 Å². The Bertz CT molecular complexity index is 730. The van der Waals surface area contributed by atoms with Crippen molar-refractivity contribution in [1.29, 1.82) is 0 Å². The highest BCUT2D eigenvalue weighted by Gasteiger charge is 2.25. The fourth-order valence-electron chi connectivity index (χ4n) is 3.24. The molecule has 0 saturated heterocycles. The largest absolute Gasteiger partial charge is 0.493 e. The second kappa shape index (κ2) is 7.01. The van der Waals surface area contributed by atoms with Gasteiger partial charge in [0.2, 0.25) is 0 Å². The molecule has 5 heteroatoms. The lowest BCUT2D eigenvalue weighted by atomic mass is 9.85. The Labute approximate surface area is 142 Å². The summed E-state index contributed by atoms with van der Waals surface area (Å²) in [5.41, 5.74) is 3.64. The predicted octanol–water partition coefficient (Wildman–Crippen LogP) is 2.96. The van der Waals surface area contributed by atoms with Crippen LogP contribution in [0.1, 0.15) is 22.6 Å². The van der Waals surface area contributed by atoms with Crippen molar-refractivity contribution in [2.75, 3.05) is 35.0 Å². The van der Waals surface area contributed by atoms with E-state index in [-0.39, 0.29) is 5.92 Å². The highest BCUT2D eigenvalue weighted by molar-refractivity contribution is 5.53. The summed E-state index contributed by atoms with van der Waals surface area (Å²) in [6.45, 7) is 1.68. The van der Waals surface area contributed by atoms with Crippen LogP contribution >= 0.6 is 0 Å². The summed E-state index contributed by atoms with van der Waals surface area (Å²) in [4.78, 5) is 0. The Morgan fingerprint density at radius 1 is 0.792 bits per heavy atom. The molecule has 1 aliphatic heterocycles. The van der Waals surface area contributed by atoms with Crippen LogP contribution in [0.2, 0.25) is 0 Å². The molecule has 1 atom stereocenters. The first-order valence-corrected chi connectivity index (χ1v) is 7.89. The molecule has 3 rings (SSSR count). The summed E-state index contributed by atoms with van der Waals surface area (Å²) in [6, 6.07) is 10.2. The van der Waals surface area contributed by atoms with Crippen molar-refractivity contribution in [3.63, 3.8) is 0 Å². The van der Waals surface area contributed by atoms with Crippen LogP contribution in [0, 0.1) is 0 Å². The van der Waals surface area contributed by atoms with E-state index in [1.165, 1.54) is 16.7 Å². The van der Waals surface area contributed by atoms with Gasteiger partial charge in [0.1, 0.15) is 0 Å². The number of hydrogen-bond donors (Lipinski definition) is 1. The van der Waals surface area contributed by atoms with Crippen molar-refractivity contribution in [1.82, 2.24) is 5.32 Å². The normalized spacial score (nSPS) is 16.2. The van der Waals surface area contributed by atoms with E-state index < -0.39 is 0 Å². The molecule has 0 amide bonds. The average Bonchev–Trinajstić information content (AvgIpc) is 2.65. The molecule has 0 radical (unpaired) electrons. The minimum Gasteiger partial charge on any atom is -0.493 e. The average molecular weight is 329 g/mol. The summed E-state index contributed by atoms with van der Waals surface area (Å²) in [7, 11) is 6.62. The Kier molecular flexibility index (Phi) is 4.81. The molecule has 128 valence electrons. The lowest BCUT2D eigenvalue weighted by molar-refractivity contribution is 0.352. The van der Waals surface area contributed by atoms with Gasteiger partial charge in [-0.15, -0.1) is 0 Å². The van der Waals surface area contributed by atoms with Gasteiger partial charge in [0.25, 0.3) is 0 Å². The van der Waals surface area contributed by atoms with Gasteiger partial charge in [0, 0.05) is 19.0 Å². The molecule has 2 aromatic carbocycles. The van der Waals surface area contributed by atoms with Gasteiger partial charge in [-0.2, -0.15) is 0 Å². The van der Waals surface area contributed by atoms with Gasteiger partial charge in [-0.1, -0.05) is 6.07 Å². The van der Waals surface area contributed by atoms with Crippen LogP contribution in [0.15, 0.2) is 30.3 Å². The summed E-state index contributed by atoms with van der Waals surface area (Å²) >= 11 is 0. The van der Waals surface area contributed by atoms with Gasteiger partial charge >= 0.3 is 0 Å². The van der Waals surface area contributed by atoms with E-state index >= 15 is 0 Å². The van der Waals surface area contributed by atoms with E-state index in [1.807, 2.05) is 18.2 Å². The fraction of sp³-hybridized carbons (Fsp3) is 0.368. The Hall–Kier alpha value is -2.40. The molecule has 5 nitrogen and oxygen atoms in total. The third kappa shape index (κ3) is 2.87. The monoisotopic (exact) mass is 329 g/mol. The zero-order valence-corrected chi connectivity index (χ0v) is 14.5. The zero-order valence-electron chi connectivity index (χ0n) is 14.5. The van der Waals surface area contributed by atoms with Crippen molar-refractivity contribution >= 4 is 0 Å². The van der Waals surface area contributed by atoms with Crippen LogP contribution in [0.25, 0.3) is 0 Å². The quantitative estimate of drug-likeness (QED) is 0.914. The molecule has 1 heterocycles. The molecular formula is C19H23NO4. The molecular weight excluding hydrogens is 306 g/mol. The van der Waals surface area contributed by atoms with Crippen molar-refractivity contribution < 1.29 is 18.9 Å².